The Hall–Kier alpha value is -1.73. The topological polar surface area (TPSA) is 48.0 Å². The number of rotatable bonds is 6. The zero-order valence-corrected chi connectivity index (χ0v) is 15.8. The molecule has 1 aromatic heterocycles. The minimum absolute atomic E-state index is 0.117. The maximum atomic E-state index is 12.7. The molecule has 0 aliphatic heterocycles. The minimum atomic E-state index is -0.117. The number of hydrogen-bond donors (Lipinski definition) is 0. The molecule has 124 valence electrons. The zero-order chi connectivity index (χ0) is 17.0. The molecule has 0 bridgehead atoms. The van der Waals surface area contributed by atoms with Crippen LogP contribution in [0.5, 0.6) is 17.2 Å². The van der Waals surface area contributed by atoms with Crippen molar-refractivity contribution < 1.29 is 19.0 Å². The highest BCUT2D eigenvalue weighted by Gasteiger charge is 2.19. The third-order valence-electron chi connectivity index (χ3n) is 3.28. The summed E-state index contributed by atoms with van der Waals surface area (Å²) >= 11 is 5.03. The van der Waals surface area contributed by atoms with Gasteiger partial charge in [-0.2, -0.15) is 0 Å². The van der Waals surface area contributed by atoms with Crippen molar-refractivity contribution >= 4 is 33.2 Å². The van der Waals surface area contributed by atoms with Crippen LogP contribution < -0.4 is 14.2 Å². The zero-order valence-electron chi connectivity index (χ0n) is 13.4. The van der Waals surface area contributed by atoms with Crippen molar-refractivity contribution in [1.29, 1.82) is 0 Å². The average molecular weight is 400 g/mol. The highest BCUT2D eigenvalue weighted by atomic mass is 79.9. The van der Waals surface area contributed by atoms with E-state index in [0.717, 1.165) is 8.66 Å². The number of hydrogen-bond acceptors (Lipinski definition) is 5. The molecule has 0 saturated carbocycles. The smallest absolute Gasteiger partial charge is 0.254 e. The van der Waals surface area contributed by atoms with Gasteiger partial charge in [0, 0.05) is 17.5 Å². The van der Waals surface area contributed by atoms with Gasteiger partial charge in [0.1, 0.15) is 0 Å². The molecule has 5 nitrogen and oxygen atoms in total. The summed E-state index contributed by atoms with van der Waals surface area (Å²) in [6, 6.07) is 7.28. The minimum Gasteiger partial charge on any atom is -0.493 e. The Balaban J connectivity index is 2.27. The van der Waals surface area contributed by atoms with E-state index in [-0.39, 0.29) is 5.91 Å². The molecular formula is C16H18BrNO4S. The number of nitrogens with zero attached hydrogens (tertiary/aromatic N) is 1. The molecule has 2 aromatic rings. The van der Waals surface area contributed by atoms with Gasteiger partial charge in [-0.05, 0) is 40.2 Å². The van der Waals surface area contributed by atoms with E-state index < -0.39 is 0 Å². The predicted molar refractivity (Wildman–Crippen MR) is 93.9 cm³/mol. The molecule has 1 amide bonds. The number of thiophene rings is 1. The fraction of sp³-hybridized carbons (Fsp3) is 0.312. The summed E-state index contributed by atoms with van der Waals surface area (Å²) in [6.45, 7) is 0.533. The molecular weight excluding hydrogens is 382 g/mol. The van der Waals surface area contributed by atoms with Gasteiger partial charge in [-0.1, -0.05) is 0 Å². The van der Waals surface area contributed by atoms with Crippen LogP contribution in [0.2, 0.25) is 0 Å². The molecule has 0 atom stereocenters. The van der Waals surface area contributed by atoms with Gasteiger partial charge in [0.2, 0.25) is 5.75 Å². The van der Waals surface area contributed by atoms with Gasteiger partial charge >= 0.3 is 0 Å². The van der Waals surface area contributed by atoms with Gasteiger partial charge in [0.15, 0.2) is 11.5 Å². The molecule has 0 N–H and O–H groups in total. The fourth-order valence-electron chi connectivity index (χ4n) is 2.17. The van der Waals surface area contributed by atoms with Crippen molar-refractivity contribution in [3.63, 3.8) is 0 Å². The third kappa shape index (κ3) is 3.97. The summed E-state index contributed by atoms with van der Waals surface area (Å²) in [5.74, 6) is 1.27. The highest BCUT2D eigenvalue weighted by Crippen LogP contribution is 2.38. The lowest BCUT2D eigenvalue weighted by Crippen LogP contribution is -2.25. The third-order valence-corrected chi connectivity index (χ3v) is 4.89. The van der Waals surface area contributed by atoms with Crippen molar-refractivity contribution in [3.8, 4) is 17.2 Å². The van der Waals surface area contributed by atoms with Gasteiger partial charge < -0.3 is 19.1 Å². The van der Waals surface area contributed by atoms with E-state index in [4.69, 9.17) is 14.2 Å². The van der Waals surface area contributed by atoms with Crippen molar-refractivity contribution in [1.82, 2.24) is 4.90 Å². The largest absolute Gasteiger partial charge is 0.493 e. The van der Waals surface area contributed by atoms with Crippen LogP contribution in [0.1, 0.15) is 15.2 Å². The molecule has 7 heteroatoms. The first-order valence-electron chi connectivity index (χ1n) is 6.79. The van der Waals surface area contributed by atoms with E-state index in [0.29, 0.717) is 29.4 Å². The van der Waals surface area contributed by atoms with Crippen LogP contribution in [0.3, 0.4) is 0 Å². The first-order valence-corrected chi connectivity index (χ1v) is 8.40. The molecule has 0 fully saturated rings. The average Bonchev–Trinajstić information content (AvgIpc) is 2.97. The van der Waals surface area contributed by atoms with E-state index in [9.17, 15) is 4.79 Å². The summed E-state index contributed by atoms with van der Waals surface area (Å²) in [5.41, 5.74) is 0.484. The van der Waals surface area contributed by atoms with Crippen LogP contribution in [-0.4, -0.2) is 39.2 Å². The molecule has 23 heavy (non-hydrogen) atoms. The Morgan fingerprint density at radius 2 is 1.74 bits per heavy atom. The SMILES string of the molecule is COc1cc(C(=O)N(C)Cc2ccc(Br)s2)cc(OC)c1OC. The van der Waals surface area contributed by atoms with Crippen LogP contribution in [-0.2, 0) is 6.54 Å². The van der Waals surface area contributed by atoms with E-state index >= 15 is 0 Å². The monoisotopic (exact) mass is 399 g/mol. The summed E-state index contributed by atoms with van der Waals surface area (Å²) in [6.07, 6.45) is 0. The fourth-order valence-corrected chi connectivity index (χ4v) is 3.70. The van der Waals surface area contributed by atoms with Gasteiger partial charge in [-0.25, -0.2) is 0 Å². The van der Waals surface area contributed by atoms with Crippen LogP contribution in [0.15, 0.2) is 28.1 Å². The summed E-state index contributed by atoms with van der Waals surface area (Å²) in [4.78, 5) is 15.4. The van der Waals surface area contributed by atoms with Crippen molar-refractivity contribution in [2.45, 2.75) is 6.54 Å². The second-order valence-electron chi connectivity index (χ2n) is 4.78. The highest BCUT2D eigenvalue weighted by molar-refractivity contribution is 9.11. The Morgan fingerprint density at radius 3 is 2.17 bits per heavy atom. The lowest BCUT2D eigenvalue weighted by atomic mass is 10.1. The Kier molecular flexibility index (Phi) is 5.90. The second kappa shape index (κ2) is 7.70. The predicted octanol–water partition coefficient (Wildman–Crippen LogP) is 3.81. The Bertz CT molecular complexity index is 676. The van der Waals surface area contributed by atoms with E-state index in [1.54, 1.807) is 35.4 Å². The number of carbonyl (C=O) groups is 1. The maximum Gasteiger partial charge on any atom is 0.254 e. The molecule has 0 unspecified atom stereocenters. The molecule has 0 aliphatic rings. The number of benzene rings is 1. The first kappa shape index (κ1) is 17.6. The number of methoxy groups -OCH3 is 3. The summed E-state index contributed by atoms with van der Waals surface area (Å²) in [5, 5.41) is 0. The lowest BCUT2D eigenvalue weighted by molar-refractivity contribution is 0.0785. The van der Waals surface area contributed by atoms with Crippen LogP contribution >= 0.6 is 27.3 Å². The van der Waals surface area contributed by atoms with E-state index in [1.807, 2.05) is 12.1 Å². The van der Waals surface area contributed by atoms with E-state index in [2.05, 4.69) is 15.9 Å². The first-order chi connectivity index (χ1) is 11.0. The van der Waals surface area contributed by atoms with Gasteiger partial charge in [-0.15, -0.1) is 11.3 Å². The molecule has 0 saturated heterocycles. The van der Waals surface area contributed by atoms with Gasteiger partial charge in [0.25, 0.3) is 5.91 Å². The second-order valence-corrected chi connectivity index (χ2v) is 7.33. The van der Waals surface area contributed by atoms with Gasteiger partial charge in [0.05, 0.1) is 31.7 Å². The molecule has 2 rings (SSSR count). The standard InChI is InChI=1S/C16H18BrNO4S/c1-18(9-11-5-6-14(17)23-11)16(19)10-7-12(20-2)15(22-4)13(8-10)21-3/h5-8H,9H2,1-4H3. The quantitative estimate of drug-likeness (QED) is 0.740. The van der Waals surface area contributed by atoms with Gasteiger partial charge in [-0.3, -0.25) is 4.79 Å². The lowest BCUT2D eigenvalue weighted by Gasteiger charge is -2.18. The Morgan fingerprint density at radius 1 is 1.13 bits per heavy atom. The molecule has 1 aromatic carbocycles. The number of halogens is 1. The van der Waals surface area contributed by atoms with E-state index in [1.165, 1.54) is 21.3 Å². The van der Waals surface area contributed by atoms with Crippen molar-refractivity contribution in [2.24, 2.45) is 0 Å². The molecule has 0 aliphatic carbocycles. The molecule has 0 spiro atoms. The normalized spacial score (nSPS) is 10.3. The maximum absolute atomic E-state index is 12.7. The molecule has 1 heterocycles. The van der Waals surface area contributed by atoms with Crippen molar-refractivity contribution in [2.75, 3.05) is 28.4 Å². The van der Waals surface area contributed by atoms with Crippen LogP contribution in [0.25, 0.3) is 0 Å². The summed E-state index contributed by atoms with van der Waals surface area (Å²) in [7, 11) is 6.35. The summed E-state index contributed by atoms with van der Waals surface area (Å²) < 4.78 is 16.9. The number of carbonyl (C=O) groups excluding carboxylic acids is 1. The Labute approximate surface area is 147 Å². The van der Waals surface area contributed by atoms with Crippen molar-refractivity contribution in [3.05, 3.63) is 38.5 Å². The number of amides is 1. The van der Waals surface area contributed by atoms with Crippen LogP contribution in [0.4, 0.5) is 0 Å². The van der Waals surface area contributed by atoms with Crippen LogP contribution in [0, 0.1) is 0 Å². The molecule has 0 radical (unpaired) electrons. The number of ether oxygens (including phenoxy) is 3.